The Morgan fingerprint density at radius 3 is 2.75 bits per heavy atom. The molecule has 1 heterocycles. The molecule has 0 radical (unpaired) electrons. The normalized spacial score (nSPS) is 15.2. The van der Waals surface area contributed by atoms with Gasteiger partial charge in [0.15, 0.2) is 0 Å². The summed E-state index contributed by atoms with van der Waals surface area (Å²) in [5.74, 6) is -0.256. The highest BCUT2D eigenvalue weighted by atomic mass is 35.5. The van der Waals surface area contributed by atoms with Crippen molar-refractivity contribution in [1.29, 1.82) is 0 Å². The molecule has 1 amide bonds. The number of aromatic nitrogens is 1. The van der Waals surface area contributed by atoms with Crippen molar-refractivity contribution in [3.05, 3.63) is 87.8 Å². The smallest absolute Gasteiger partial charge is 0.270 e. The first kappa shape index (κ1) is 18.4. The van der Waals surface area contributed by atoms with Crippen molar-refractivity contribution in [1.82, 2.24) is 10.3 Å². The molecule has 2 N–H and O–H groups in total. The summed E-state index contributed by atoms with van der Waals surface area (Å²) in [7, 11) is 0. The van der Waals surface area contributed by atoms with E-state index in [0.29, 0.717) is 16.5 Å². The van der Waals surface area contributed by atoms with Gasteiger partial charge in [0.2, 0.25) is 0 Å². The molecular weight excluding hydrogens is 377 g/mol. The third-order valence-corrected chi connectivity index (χ3v) is 4.97. The maximum atomic E-state index is 13.4. The number of hydrogen-bond donors (Lipinski definition) is 2. The average molecular weight is 396 g/mol. The summed E-state index contributed by atoms with van der Waals surface area (Å²) in [5, 5.41) is 6.40. The lowest BCUT2D eigenvalue weighted by Crippen LogP contribution is -2.35. The highest BCUT2D eigenvalue weighted by Crippen LogP contribution is 2.24. The van der Waals surface area contributed by atoms with Crippen LogP contribution < -0.4 is 10.6 Å². The molecule has 1 aliphatic rings. The van der Waals surface area contributed by atoms with Crippen molar-refractivity contribution < 1.29 is 9.18 Å². The van der Waals surface area contributed by atoms with Gasteiger partial charge in [0.1, 0.15) is 17.3 Å². The lowest BCUT2D eigenvalue weighted by atomic mass is 10.1. The third kappa shape index (κ3) is 4.15. The largest absolute Gasteiger partial charge is 0.347 e. The van der Waals surface area contributed by atoms with Crippen LogP contribution >= 0.6 is 11.6 Å². The number of fused-ring (bicyclic) bond motifs is 1. The zero-order valence-corrected chi connectivity index (χ0v) is 16.1. The monoisotopic (exact) mass is 395 g/mol. The minimum absolute atomic E-state index is 0.0321. The molecule has 0 bridgehead atoms. The van der Waals surface area contributed by atoms with Crippen molar-refractivity contribution in [3.63, 3.8) is 0 Å². The predicted molar refractivity (Wildman–Crippen MR) is 109 cm³/mol. The van der Waals surface area contributed by atoms with Crippen molar-refractivity contribution in [2.45, 2.75) is 25.8 Å². The van der Waals surface area contributed by atoms with Crippen LogP contribution in [0.25, 0.3) is 0 Å². The summed E-state index contributed by atoms with van der Waals surface area (Å²) >= 11 is 6.16. The molecule has 0 aliphatic heterocycles. The molecule has 3 aromatic rings. The molecule has 4 nitrogen and oxygen atoms in total. The molecular formula is C22H19ClFN3O. The van der Waals surface area contributed by atoms with Crippen LogP contribution in [0.15, 0.2) is 54.6 Å². The van der Waals surface area contributed by atoms with E-state index in [-0.39, 0.29) is 23.5 Å². The van der Waals surface area contributed by atoms with Crippen LogP contribution in [-0.4, -0.2) is 16.9 Å². The van der Waals surface area contributed by atoms with E-state index < -0.39 is 0 Å². The van der Waals surface area contributed by atoms with Crippen molar-refractivity contribution in [2.75, 3.05) is 5.32 Å². The molecule has 28 heavy (non-hydrogen) atoms. The number of rotatable bonds is 4. The van der Waals surface area contributed by atoms with E-state index in [2.05, 4.69) is 40.7 Å². The van der Waals surface area contributed by atoms with Crippen LogP contribution in [0, 0.1) is 12.7 Å². The second kappa shape index (κ2) is 7.60. The maximum absolute atomic E-state index is 13.4. The fourth-order valence-corrected chi connectivity index (χ4v) is 3.71. The van der Waals surface area contributed by atoms with Gasteiger partial charge in [-0.1, -0.05) is 41.4 Å². The number of pyridine rings is 1. The fourth-order valence-electron chi connectivity index (χ4n) is 3.50. The van der Waals surface area contributed by atoms with Crippen LogP contribution in [0.1, 0.15) is 27.2 Å². The van der Waals surface area contributed by atoms with Gasteiger partial charge in [0, 0.05) is 16.8 Å². The molecule has 2 aromatic carbocycles. The van der Waals surface area contributed by atoms with Crippen LogP contribution in [0.2, 0.25) is 5.02 Å². The number of benzene rings is 2. The van der Waals surface area contributed by atoms with Crippen molar-refractivity contribution >= 4 is 29.0 Å². The third-order valence-electron chi connectivity index (χ3n) is 4.75. The summed E-state index contributed by atoms with van der Waals surface area (Å²) < 4.78 is 13.4. The number of hydrogen-bond acceptors (Lipinski definition) is 3. The zero-order valence-electron chi connectivity index (χ0n) is 15.3. The first-order chi connectivity index (χ1) is 13.5. The summed E-state index contributed by atoms with van der Waals surface area (Å²) in [5.41, 5.74) is 4.51. The standard InChI is InChI=1S/C22H19ClFN3O/c1-13-5-6-14-8-19(9-15(14)7-13)26-22(28)20-10-16(23)11-21(27-20)25-18-4-2-3-17(24)12-18/h2-7,10-12,19H,8-9H2,1H3,(H,25,27)(H,26,28). The molecule has 1 unspecified atom stereocenters. The summed E-state index contributed by atoms with van der Waals surface area (Å²) in [4.78, 5) is 17.0. The van der Waals surface area contributed by atoms with Gasteiger partial charge in [0.05, 0.1) is 0 Å². The Balaban J connectivity index is 1.48. The number of carbonyl (C=O) groups excluding carboxylic acids is 1. The number of nitrogens with zero attached hydrogens (tertiary/aromatic N) is 1. The highest BCUT2D eigenvalue weighted by Gasteiger charge is 2.24. The van der Waals surface area contributed by atoms with E-state index in [0.717, 1.165) is 12.8 Å². The molecule has 1 atom stereocenters. The summed E-state index contributed by atoms with van der Waals surface area (Å²) in [6.07, 6.45) is 1.61. The molecule has 0 saturated heterocycles. The van der Waals surface area contributed by atoms with Gasteiger partial charge in [-0.2, -0.15) is 0 Å². The Morgan fingerprint density at radius 2 is 1.93 bits per heavy atom. The quantitative estimate of drug-likeness (QED) is 0.665. The molecule has 0 spiro atoms. The van der Waals surface area contributed by atoms with E-state index >= 15 is 0 Å². The minimum Gasteiger partial charge on any atom is -0.347 e. The molecule has 0 fully saturated rings. The van der Waals surface area contributed by atoms with Crippen LogP contribution in [0.3, 0.4) is 0 Å². The van der Waals surface area contributed by atoms with Gasteiger partial charge in [0.25, 0.3) is 5.91 Å². The Kier molecular flexibility index (Phi) is 5.01. The van der Waals surface area contributed by atoms with Gasteiger partial charge in [-0.05, 0) is 61.2 Å². The van der Waals surface area contributed by atoms with E-state index in [1.54, 1.807) is 18.2 Å². The molecule has 6 heteroatoms. The topological polar surface area (TPSA) is 54.0 Å². The second-order valence-corrected chi connectivity index (χ2v) is 7.48. The Morgan fingerprint density at radius 1 is 1.11 bits per heavy atom. The van der Waals surface area contributed by atoms with Crippen LogP contribution in [0.4, 0.5) is 15.9 Å². The van der Waals surface area contributed by atoms with Crippen molar-refractivity contribution in [3.8, 4) is 0 Å². The Labute approximate surface area is 167 Å². The van der Waals surface area contributed by atoms with E-state index in [9.17, 15) is 9.18 Å². The maximum Gasteiger partial charge on any atom is 0.270 e. The van der Waals surface area contributed by atoms with Gasteiger partial charge in [-0.3, -0.25) is 4.79 Å². The zero-order chi connectivity index (χ0) is 19.7. The van der Waals surface area contributed by atoms with Crippen LogP contribution in [0.5, 0.6) is 0 Å². The number of aryl methyl sites for hydroxylation is 1. The second-order valence-electron chi connectivity index (χ2n) is 7.04. The Bertz CT molecular complexity index is 1050. The highest BCUT2D eigenvalue weighted by molar-refractivity contribution is 6.31. The molecule has 4 rings (SSSR count). The first-order valence-corrected chi connectivity index (χ1v) is 9.43. The summed E-state index contributed by atoms with van der Waals surface area (Å²) in [6, 6.07) is 15.5. The van der Waals surface area contributed by atoms with Crippen LogP contribution in [-0.2, 0) is 12.8 Å². The lowest BCUT2D eigenvalue weighted by Gasteiger charge is -2.13. The molecule has 1 aromatic heterocycles. The van der Waals surface area contributed by atoms with Gasteiger partial charge >= 0.3 is 0 Å². The number of nitrogens with one attached hydrogen (secondary N) is 2. The molecule has 0 saturated carbocycles. The number of anilines is 2. The number of halogens is 2. The fraction of sp³-hybridized carbons (Fsp3) is 0.182. The SMILES string of the molecule is Cc1ccc2c(c1)CC(NC(=O)c1cc(Cl)cc(Nc3cccc(F)c3)n1)C2. The van der Waals surface area contributed by atoms with Gasteiger partial charge in [-0.15, -0.1) is 0 Å². The molecule has 142 valence electrons. The van der Waals surface area contributed by atoms with E-state index in [1.807, 2.05) is 0 Å². The average Bonchev–Trinajstić information content (AvgIpc) is 3.02. The van der Waals surface area contributed by atoms with Crippen molar-refractivity contribution in [2.24, 2.45) is 0 Å². The minimum atomic E-state index is -0.360. The predicted octanol–water partition coefficient (Wildman–Crippen LogP) is 4.82. The van der Waals surface area contributed by atoms with E-state index in [1.165, 1.54) is 34.9 Å². The lowest BCUT2D eigenvalue weighted by molar-refractivity contribution is 0.0933. The first-order valence-electron chi connectivity index (χ1n) is 9.06. The van der Waals surface area contributed by atoms with E-state index in [4.69, 9.17) is 11.6 Å². The van der Waals surface area contributed by atoms with Gasteiger partial charge < -0.3 is 10.6 Å². The number of amides is 1. The van der Waals surface area contributed by atoms with Gasteiger partial charge in [-0.25, -0.2) is 9.37 Å². The summed E-state index contributed by atoms with van der Waals surface area (Å²) in [6.45, 7) is 2.06. The molecule has 1 aliphatic carbocycles. The number of carbonyl (C=O) groups is 1. The Hall–Kier alpha value is -2.92.